The van der Waals surface area contributed by atoms with Crippen molar-refractivity contribution in [1.29, 1.82) is 0 Å². The highest BCUT2D eigenvalue weighted by Crippen LogP contribution is 2.08. The fourth-order valence-corrected chi connectivity index (χ4v) is 1.89. The third-order valence-electron chi connectivity index (χ3n) is 1.84. The van der Waals surface area contributed by atoms with Gasteiger partial charge in [0.2, 0.25) is 0 Å². The van der Waals surface area contributed by atoms with E-state index in [2.05, 4.69) is 4.99 Å². The molecule has 6 nitrogen and oxygen atoms in total. The van der Waals surface area contributed by atoms with Crippen LogP contribution in [0.1, 0.15) is 13.8 Å². The first-order chi connectivity index (χ1) is 9.01. The van der Waals surface area contributed by atoms with Gasteiger partial charge in [-0.25, -0.2) is 4.79 Å². The molecule has 110 valence electrons. The number of ether oxygens (including phenoxy) is 2. The number of thioether (sulfide) groups is 1. The molecular formula is C12H22N2O4S. The first-order valence-corrected chi connectivity index (χ1v) is 7.26. The molecule has 19 heavy (non-hydrogen) atoms. The van der Waals surface area contributed by atoms with E-state index in [9.17, 15) is 9.59 Å². The fraction of sp³-hybridized carbons (Fsp3) is 0.750. The molecule has 0 aliphatic carbocycles. The molecular weight excluding hydrogens is 268 g/mol. The van der Waals surface area contributed by atoms with E-state index in [4.69, 9.17) is 9.47 Å². The van der Waals surface area contributed by atoms with Gasteiger partial charge in [-0.05, 0) is 13.8 Å². The van der Waals surface area contributed by atoms with E-state index in [0.29, 0.717) is 19.0 Å². The van der Waals surface area contributed by atoms with Crippen LogP contribution in [0.4, 0.5) is 0 Å². The van der Waals surface area contributed by atoms with Crippen molar-refractivity contribution >= 4 is 30.0 Å². The van der Waals surface area contributed by atoms with Gasteiger partial charge in [-0.2, -0.15) is 0 Å². The number of carbonyl (C=O) groups excluding carboxylic acids is 2. The maximum absolute atomic E-state index is 11.7. The maximum Gasteiger partial charge on any atom is 0.331 e. The molecule has 0 saturated heterocycles. The lowest BCUT2D eigenvalue weighted by molar-refractivity contribution is -0.144. The smallest absolute Gasteiger partial charge is 0.331 e. The summed E-state index contributed by atoms with van der Waals surface area (Å²) in [5.74, 6) is -0.0629. The number of hydrogen-bond donors (Lipinski definition) is 0. The molecule has 0 aliphatic rings. The molecule has 0 bridgehead atoms. The van der Waals surface area contributed by atoms with Gasteiger partial charge >= 0.3 is 11.9 Å². The standard InChI is InChI=1S/C12H22N2O4S/c1-5-17-11(15)8-19-7-10(12(16)18-6-2)13-9-14(3)4/h9-10H,5-8H2,1-4H3. The number of esters is 2. The van der Waals surface area contributed by atoms with Crippen molar-refractivity contribution in [3.63, 3.8) is 0 Å². The average molecular weight is 290 g/mol. The van der Waals surface area contributed by atoms with Crippen LogP contribution < -0.4 is 0 Å². The van der Waals surface area contributed by atoms with Crippen molar-refractivity contribution in [3.05, 3.63) is 0 Å². The van der Waals surface area contributed by atoms with E-state index in [0.717, 1.165) is 0 Å². The van der Waals surface area contributed by atoms with Crippen molar-refractivity contribution in [2.45, 2.75) is 19.9 Å². The van der Waals surface area contributed by atoms with Crippen LogP contribution in [0.25, 0.3) is 0 Å². The molecule has 0 aliphatic heterocycles. The van der Waals surface area contributed by atoms with E-state index in [1.807, 2.05) is 14.1 Å². The summed E-state index contributed by atoms with van der Waals surface area (Å²) in [5.41, 5.74) is 0. The Bertz CT molecular complexity index is 308. The molecule has 0 aromatic heterocycles. The third kappa shape index (κ3) is 9.35. The first-order valence-electron chi connectivity index (χ1n) is 6.10. The Labute approximate surface area is 118 Å². The topological polar surface area (TPSA) is 68.2 Å². The molecule has 0 heterocycles. The predicted molar refractivity (Wildman–Crippen MR) is 76.6 cm³/mol. The Morgan fingerprint density at radius 2 is 1.89 bits per heavy atom. The number of hydrogen-bond acceptors (Lipinski definition) is 6. The largest absolute Gasteiger partial charge is 0.465 e. The Balaban J connectivity index is 4.26. The molecule has 0 radical (unpaired) electrons. The Morgan fingerprint density at radius 3 is 2.42 bits per heavy atom. The van der Waals surface area contributed by atoms with Crippen LogP contribution in [0.15, 0.2) is 4.99 Å². The molecule has 0 fully saturated rings. The monoisotopic (exact) mass is 290 g/mol. The third-order valence-corrected chi connectivity index (χ3v) is 2.83. The molecule has 7 heteroatoms. The van der Waals surface area contributed by atoms with E-state index in [1.165, 1.54) is 11.8 Å². The zero-order valence-electron chi connectivity index (χ0n) is 11.9. The number of carbonyl (C=O) groups is 2. The summed E-state index contributed by atoms with van der Waals surface area (Å²) in [4.78, 5) is 28.7. The Hall–Kier alpha value is -1.24. The van der Waals surface area contributed by atoms with Gasteiger partial charge in [-0.1, -0.05) is 0 Å². The van der Waals surface area contributed by atoms with Gasteiger partial charge in [-0.15, -0.1) is 11.8 Å². The summed E-state index contributed by atoms with van der Waals surface area (Å²) in [6.07, 6.45) is 1.56. The highest BCUT2D eigenvalue weighted by Gasteiger charge is 2.19. The van der Waals surface area contributed by atoms with Crippen LogP contribution >= 0.6 is 11.8 Å². The number of rotatable bonds is 9. The van der Waals surface area contributed by atoms with Crippen molar-refractivity contribution in [1.82, 2.24) is 4.90 Å². The van der Waals surface area contributed by atoms with Crippen LogP contribution in [0.2, 0.25) is 0 Å². The van der Waals surface area contributed by atoms with Gasteiger partial charge in [0, 0.05) is 19.8 Å². The lowest BCUT2D eigenvalue weighted by Gasteiger charge is -2.12. The molecule has 0 aromatic carbocycles. The number of aliphatic imine (C=N–C) groups is 1. The van der Waals surface area contributed by atoms with Crippen LogP contribution in [0.5, 0.6) is 0 Å². The van der Waals surface area contributed by atoms with Crippen LogP contribution in [-0.2, 0) is 19.1 Å². The van der Waals surface area contributed by atoms with Crippen molar-refractivity contribution < 1.29 is 19.1 Å². The first kappa shape index (κ1) is 17.8. The van der Waals surface area contributed by atoms with Gasteiger partial charge in [0.1, 0.15) is 0 Å². The van der Waals surface area contributed by atoms with Gasteiger partial charge in [0.15, 0.2) is 6.04 Å². The molecule has 1 atom stereocenters. The maximum atomic E-state index is 11.7. The quantitative estimate of drug-likeness (QED) is 0.355. The Morgan fingerprint density at radius 1 is 1.26 bits per heavy atom. The number of nitrogens with zero attached hydrogens (tertiary/aromatic N) is 2. The molecule has 0 saturated carbocycles. The second kappa shape index (κ2) is 10.7. The summed E-state index contributed by atoms with van der Waals surface area (Å²) in [6, 6.07) is -0.596. The van der Waals surface area contributed by atoms with E-state index >= 15 is 0 Å². The summed E-state index contributed by atoms with van der Waals surface area (Å²) in [5, 5.41) is 0. The Kier molecular flexibility index (Phi) is 9.97. The summed E-state index contributed by atoms with van der Waals surface area (Å²) in [7, 11) is 3.63. The lowest BCUT2D eigenvalue weighted by atomic mass is 10.4. The fourth-order valence-electron chi connectivity index (χ4n) is 1.08. The predicted octanol–water partition coefficient (Wildman–Crippen LogP) is 0.804. The van der Waals surface area contributed by atoms with E-state index < -0.39 is 6.04 Å². The molecule has 0 N–H and O–H groups in total. The molecule has 0 amide bonds. The SMILES string of the molecule is CCOC(=O)CSCC(N=CN(C)C)C(=O)OCC. The second-order valence-electron chi connectivity index (χ2n) is 3.82. The highest BCUT2D eigenvalue weighted by atomic mass is 32.2. The van der Waals surface area contributed by atoms with Gasteiger partial charge in [0.05, 0.1) is 25.3 Å². The normalized spacial score (nSPS) is 12.2. The van der Waals surface area contributed by atoms with Crippen LogP contribution in [0, 0.1) is 0 Å². The highest BCUT2D eigenvalue weighted by molar-refractivity contribution is 8.00. The van der Waals surface area contributed by atoms with Gasteiger partial charge in [-0.3, -0.25) is 9.79 Å². The molecule has 0 spiro atoms. The molecule has 1 unspecified atom stereocenters. The minimum Gasteiger partial charge on any atom is -0.465 e. The van der Waals surface area contributed by atoms with Gasteiger partial charge in [0.25, 0.3) is 0 Å². The van der Waals surface area contributed by atoms with Crippen LogP contribution in [-0.4, -0.2) is 68.0 Å². The average Bonchev–Trinajstić information content (AvgIpc) is 2.33. The summed E-state index contributed by atoms with van der Waals surface area (Å²) >= 11 is 1.31. The lowest BCUT2D eigenvalue weighted by Crippen LogP contribution is -2.26. The zero-order chi connectivity index (χ0) is 14.7. The van der Waals surface area contributed by atoms with E-state index in [1.54, 1.807) is 25.1 Å². The van der Waals surface area contributed by atoms with Crippen LogP contribution in [0.3, 0.4) is 0 Å². The van der Waals surface area contributed by atoms with Crippen molar-refractivity contribution in [3.8, 4) is 0 Å². The molecule has 0 aromatic rings. The van der Waals surface area contributed by atoms with E-state index in [-0.39, 0.29) is 17.7 Å². The minimum absolute atomic E-state index is 0.210. The molecule has 0 rings (SSSR count). The summed E-state index contributed by atoms with van der Waals surface area (Å²) in [6.45, 7) is 4.18. The zero-order valence-corrected chi connectivity index (χ0v) is 12.7. The van der Waals surface area contributed by atoms with Crippen molar-refractivity contribution in [2.75, 3.05) is 38.8 Å². The minimum atomic E-state index is -0.596. The van der Waals surface area contributed by atoms with Crippen molar-refractivity contribution in [2.24, 2.45) is 4.99 Å². The summed E-state index contributed by atoms with van der Waals surface area (Å²) < 4.78 is 9.75. The van der Waals surface area contributed by atoms with Gasteiger partial charge < -0.3 is 14.4 Å². The second-order valence-corrected chi connectivity index (χ2v) is 4.85.